The third-order valence-electron chi connectivity index (χ3n) is 4.44. The number of hydrogen-bond acceptors (Lipinski definition) is 3. The van der Waals surface area contributed by atoms with Gasteiger partial charge >= 0.3 is 0 Å². The Morgan fingerprint density at radius 1 is 1.33 bits per heavy atom. The number of hydrogen-bond donors (Lipinski definition) is 2. The molecule has 0 amide bonds. The van der Waals surface area contributed by atoms with Crippen LogP contribution in [0.4, 0.5) is 8.78 Å². The van der Waals surface area contributed by atoms with Gasteiger partial charge in [0.2, 0.25) is 0 Å². The molecule has 1 aromatic rings. The molecule has 0 bridgehead atoms. The molecule has 0 unspecified atom stereocenters. The second-order valence-corrected chi connectivity index (χ2v) is 6.00. The van der Waals surface area contributed by atoms with Crippen molar-refractivity contribution in [1.29, 1.82) is 5.26 Å². The van der Waals surface area contributed by atoms with Crippen LogP contribution in [0.2, 0.25) is 0 Å². The molecule has 2 rings (SSSR count). The molecule has 0 aromatic heterocycles. The molecule has 0 saturated heterocycles. The van der Waals surface area contributed by atoms with Crippen molar-refractivity contribution in [3.8, 4) is 6.07 Å². The van der Waals surface area contributed by atoms with Crippen LogP contribution in [0.1, 0.15) is 43.7 Å². The minimum absolute atomic E-state index is 0.0122. The fourth-order valence-electron chi connectivity index (χ4n) is 2.82. The summed E-state index contributed by atoms with van der Waals surface area (Å²) in [5, 5.41) is 21.4. The summed E-state index contributed by atoms with van der Waals surface area (Å²) in [4.78, 5) is 0. The minimum Gasteiger partial charge on any atom is -0.394 e. The van der Waals surface area contributed by atoms with Crippen LogP contribution in [0.3, 0.4) is 0 Å². The third kappa shape index (κ3) is 3.58. The fourth-order valence-corrected chi connectivity index (χ4v) is 2.82. The number of nitriles is 1. The lowest BCUT2D eigenvalue weighted by molar-refractivity contribution is 0.103. The van der Waals surface area contributed by atoms with Crippen LogP contribution < -0.4 is 5.32 Å². The number of nitrogens with zero attached hydrogens (tertiary/aromatic N) is 1. The average Bonchev–Trinajstić information content (AvgIpc) is 2.48. The number of rotatable bonds is 4. The number of aliphatic hydroxyl groups excluding tert-OH is 1. The Kier molecular flexibility index (Phi) is 4.92. The molecule has 0 heterocycles. The Morgan fingerprint density at radius 3 is 2.38 bits per heavy atom. The van der Waals surface area contributed by atoms with Gasteiger partial charge in [0.25, 0.3) is 0 Å². The van der Waals surface area contributed by atoms with Gasteiger partial charge in [-0.05, 0) is 43.7 Å². The number of nitrogens with one attached hydrogen (secondary N) is 1. The summed E-state index contributed by atoms with van der Waals surface area (Å²) in [6.07, 6.45) is 3.58. The zero-order chi connectivity index (χ0) is 15.5. The summed E-state index contributed by atoms with van der Waals surface area (Å²) in [6, 6.07) is 3.80. The van der Waals surface area contributed by atoms with Crippen LogP contribution in [0, 0.1) is 28.9 Å². The number of benzene rings is 1. The van der Waals surface area contributed by atoms with Crippen molar-refractivity contribution in [2.45, 2.75) is 44.7 Å². The highest BCUT2D eigenvalue weighted by atomic mass is 19.1. The zero-order valence-corrected chi connectivity index (χ0v) is 12.1. The van der Waals surface area contributed by atoms with E-state index < -0.39 is 17.2 Å². The van der Waals surface area contributed by atoms with Crippen molar-refractivity contribution >= 4 is 0 Å². The van der Waals surface area contributed by atoms with E-state index in [9.17, 15) is 13.9 Å². The SMILES string of the molecule is CC1CCC(CO)(NCc2c(F)cc(C#N)cc2F)CC1. The summed E-state index contributed by atoms with van der Waals surface area (Å²) in [6.45, 7) is 2.14. The average molecular weight is 294 g/mol. The van der Waals surface area contributed by atoms with Gasteiger partial charge in [0.15, 0.2) is 0 Å². The van der Waals surface area contributed by atoms with E-state index in [2.05, 4.69) is 12.2 Å². The van der Waals surface area contributed by atoms with E-state index >= 15 is 0 Å². The minimum atomic E-state index is -0.726. The summed E-state index contributed by atoms with van der Waals surface area (Å²) >= 11 is 0. The molecule has 1 saturated carbocycles. The van der Waals surface area contributed by atoms with Gasteiger partial charge in [0.05, 0.1) is 18.2 Å². The van der Waals surface area contributed by atoms with Gasteiger partial charge < -0.3 is 10.4 Å². The molecule has 0 spiro atoms. The van der Waals surface area contributed by atoms with E-state index in [1.807, 2.05) is 0 Å². The van der Waals surface area contributed by atoms with Crippen molar-refractivity contribution in [1.82, 2.24) is 5.32 Å². The van der Waals surface area contributed by atoms with Crippen LogP contribution in [0.5, 0.6) is 0 Å². The van der Waals surface area contributed by atoms with Gasteiger partial charge in [-0.1, -0.05) is 6.92 Å². The molecule has 1 aliphatic rings. The summed E-state index contributed by atoms with van der Waals surface area (Å²) in [5.41, 5.74) is -0.572. The van der Waals surface area contributed by atoms with Crippen molar-refractivity contribution in [2.24, 2.45) is 5.92 Å². The lowest BCUT2D eigenvalue weighted by Crippen LogP contribution is -2.50. The first-order chi connectivity index (χ1) is 9.99. The lowest BCUT2D eigenvalue weighted by atomic mass is 9.77. The van der Waals surface area contributed by atoms with Crippen LogP contribution >= 0.6 is 0 Å². The molecule has 5 heteroatoms. The summed E-state index contributed by atoms with van der Waals surface area (Å²) in [7, 11) is 0. The molecule has 3 nitrogen and oxygen atoms in total. The molecule has 0 atom stereocenters. The number of aliphatic hydroxyl groups is 1. The van der Waals surface area contributed by atoms with Crippen LogP contribution in [-0.4, -0.2) is 17.3 Å². The molecular weight excluding hydrogens is 274 g/mol. The Hall–Kier alpha value is -1.51. The Morgan fingerprint density at radius 2 is 1.90 bits per heavy atom. The summed E-state index contributed by atoms with van der Waals surface area (Å²) < 4.78 is 27.7. The van der Waals surface area contributed by atoms with Gasteiger partial charge in [-0.15, -0.1) is 0 Å². The van der Waals surface area contributed by atoms with E-state index in [4.69, 9.17) is 5.26 Å². The molecule has 21 heavy (non-hydrogen) atoms. The molecule has 0 radical (unpaired) electrons. The molecular formula is C16H20F2N2O. The quantitative estimate of drug-likeness (QED) is 0.898. The first-order valence-corrected chi connectivity index (χ1v) is 7.23. The smallest absolute Gasteiger partial charge is 0.131 e. The monoisotopic (exact) mass is 294 g/mol. The Balaban J connectivity index is 2.10. The molecule has 1 aromatic carbocycles. The highest BCUT2D eigenvalue weighted by Gasteiger charge is 2.33. The van der Waals surface area contributed by atoms with Gasteiger partial charge in [0, 0.05) is 17.6 Å². The van der Waals surface area contributed by atoms with Crippen LogP contribution in [0.25, 0.3) is 0 Å². The standard InChI is InChI=1S/C16H20F2N2O/c1-11-2-4-16(10-21,5-3-11)20-9-13-14(17)6-12(8-19)7-15(13)18/h6-7,11,20-21H,2-5,9-10H2,1H3. The lowest BCUT2D eigenvalue weighted by Gasteiger charge is -2.39. The molecule has 2 N–H and O–H groups in total. The van der Waals surface area contributed by atoms with Crippen LogP contribution in [0.15, 0.2) is 12.1 Å². The maximum atomic E-state index is 13.8. The highest BCUT2D eigenvalue weighted by Crippen LogP contribution is 2.32. The second-order valence-electron chi connectivity index (χ2n) is 6.00. The van der Waals surface area contributed by atoms with E-state index in [0.29, 0.717) is 5.92 Å². The van der Waals surface area contributed by atoms with E-state index in [1.165, 1.54) is 0 Å². The first kappa shape index (κ1) is 15.9. The first-order valence-electron chi connectivity index (χ1n) is 7.23. The maximum absolute atomic E-state index is 13.8. The Bertz CT molecular complexity index is 523. The van der Waals surface area contributed by atoms with E-state index in [0.717, 1.165) is 37.8 Å². The molecule has 1 fully saturated rings. The normalized spacial score (nSPS) is 25.6. The fraction of sp³-hybridized carbons (Fsp3) is 0.562. The third-order valence-corrected chi connectivity index (χ3v) is 4.44. The predicted octanol–water partition coefficient (Wildman–Crippen LogP) is 2.87. The largest absolute Gasteiger partial charge is 0.394 e. The highest BCUT2D eigenvalue weighted by molar-refractivity contribution is 5.34. The number of halogens is 2. The molecule has 114 valence electrons. The predicted molar refractivity (Wildman–Crippen MR) is 75.4 cm³/mol. The van der Waals surface area contributed by atoms with Gasteiger partial charge in [0.1, 0.15) is 11.6 Å². The second kappa shape index (κ2) is 6.50. The molecule has 0 aliphatic heterocycles. The van der Waals surface area contributed by atoms with Gasteiger partial charge in [-0.3, -0.25) is 0 Å². The maximum Gasteiger partial charge on any atom is 0.131 e. The Labute approximate surface area is 123 Å². The topological polar surface area (TPSA) is 56.0 Å². The summed E-state index contributed by atoms with van der Waals surface area (Å²) in [5.74, 6) is -0.831. The van der Waals surface area contributed by atoms with Crippen molar-refractivity contribution in [3.63, 3.8) is 0 Å². The van der Waals surface area contributed by atoms with Crippen molar-refractivity contribution < 1.29 is 13.9 Å². The zero-order valence-electron chi connectivity index (χ0n) is 12.1. The van der Waals surface area contributed by atoms with Gasteiger partial charge in [-0.25, -0.2) is 8.78 Å². The van der Waals surface area contributed by atoms with Gasteiger partial charge in [-0.2, -0.15) is 5.26 Å². The van der Waals surface area contributed by atoms with Crippen molar-refractivity contribution in [3.05, 3.63) is 34.9 Å². The van der Waals surface area contributed by atoms with Crippen molar-refractivity contribution in [2.75, 3.05) is 6.61 Å². The molecule has 1 aliphatic carbocycles. The van der Waals surface area contributed by atoms with E-state index in [1.54, 1.807) is 6.07 Å². The van der Waals surface area contributed by atoms with Crippen LogP contribution in [-0.2, 0) is 6.54 Å². The van der Waals surface area contributed by atoms with E-state index in [-0.39, 0.29) is 24.3 Å².